The molecule has 0 N–H and O–H groups in total. The summed E-state index contributed by atoms with van der Waals surface area (Å²) in [6, 6.07) is 8.07. The highest BCUT2D eigenvalue weighted by molar-refractivity contribution is 6.30. The maximum absolute atomic E-state index is 13.2. The maximum Gasteiger partial charge on any atom is 0.186 e. The molecule has 0 spiro atoms. The molecule has 0 amide bonds. The minimum absolute atomic E-state index is 0. The van der Waals surface area contributed by atoms with Gasteiger partial charge in [0.25, 0.3) is 0 Å². The van der Waals surface area contributed by atoms with E-state index in [0.717, 1.165) is 59.9 Å². The molecule has 0 bridgehead atoms. The van der Waals surface area contributed by atoms with E-state index >= 15 is 0 Å². The molecule has 2 heterocycles. The predicted molar refractivity (Wildman–Crippen MR) is 141 cm³/mol. The van der Waals surface area contributed by atoms with Crippen molar-refractivity contribution in [2.45, 2.75) is 85.1 Å². The van der Waals surface area contributed by atoms with Crippen LogP contribution in [0.5, 0.6) is 0 Å². The lowest BCUT2D eigenvalue weighted by atomic mass is 9.89. The topological polar surface area (TPSA) is 73.8 Å². The Balaban J connectivity index is 0.00000342. The van der Waals surface area contributed by atoms with Gasteiger partial charge in [-0.2, -0.15) is 0 Å². The van der Waals surface area contributed by atoms with Crippen LogP contribution in [0.15, 0.2) is 28.8 Å². The van der Waals surface area contributed by atoms with Crippen molar-refractivity contribution < 1.29 is 9.32 Å². The minimum atomic E-state index is 0. The van der Waals surface area contributed by atoms with Gasteiger partial charge in [-0.25, -0.2) is 0 Å². The van der Waals surface area contributed by atoms with E-state index in [9.17, 15) is 4.79 Å². The van der Waals surface area contributed by atoms with E-state index in [0.29, 0.717) is 35.7 Å². The van der Waals surface area contributed by atoms with E-state index in [1.165, 1.54) is 0 Å². The van der Waals surface area contributed by atoms with Crippen molar-refractivity contribution >= 4 is 29.8 Å². The van der Waals surface area contributed by atoms with Gasteiger partial charge in [0.15, 0.2) is 11.5 Å². The average molecular weight is 520 g/mol. The number of ketones is 1. The van der Waals surface area contributed by atoms with Crippen molar-refractivity contribution in [2.75, 3.05) is 0 Å². The van der Waals surface area contributed by atoms with Crippen LogP contribution in [0, 0.1) is 18.8 Å². The number of carbonyl (C=O) groups is 1. The molecule has 0 aliphatic heterocycles. The van der Waals surface area contributed by atoms with Gasteiger partial charge in [0.2, 0.25) is 0 Å². The SMILES string of the molecule is Cc1cc(Cl)ccc1CC(=O)C[C@H](CC(C)C)c1nnc(-c2cc(CC(C)C)on2)n1C1CC1.Cl. The second-order valence-corrected chi connectivity index (χ2v) is 11.0. The number of hydrogen-bond acceptors (Lipinski definition) is 5. The van der Waals surface area contributed by atoms with Crippen LogP contribution in [0.25, 0.3) is 11.5 Å². The lowest BCUT2D eigenvalue weighted by Gasteiger charge is -2.19. The third-order valence-electron chi connectivity index (χ3n) is 6.32. The second kappa shape index (κ2) is 11.7. The number of benzene rings is 1. The van der Waals surface area contributed by atoms with E-state index in [4.69, 9.17) is 16.1 Å². The lowest BCUT2D eigenvalue weighted by molar-refractivity contribution is -0.118. The molecule has 0 unspecified atom stereocenters. The normalized spacial score (nSPS) is 14.4. The number of nitrogens with zero attached hydrogens (tertiary/aromatic N) is 4. The van der Waals surface area contributed by atoms with Crippen molar-refractivity contribution in [2.24, 2.45) is 11.8 Å². The molecule has 1 aromatic carbocycles. The first-order valence-electron chi connectivity index (χ1n) is 12.4. The summed E-state index contributed by atoms with van der Waals surface area (Å²) in [5.74, 6) is 3.68. The molecule has 1 fully saturated rings. The fraction of sp³-hybridized carbons (Fsp3) is 0.556. The molecule has 2 aromatic heterocycles. The number of aromatic nitrogens is 4. The zero-order valence-electron chi connectivity index (χ0n) is 21.3. The largest absolute Gasteiger partial charge is 0.361 e. The zero-order valence-corrected chi connectivity index (χ0v) is 22.8. The minimum Gasteiger partial charge on any atom is -0.361 e. The van der Waals surface area contributed by atoms with Crippen molar-refractivity contribution in [3.8, 4) is 11.5 Å². The smallest absolute Gasteiger partial charge is 0.186 e. The van der Waals surface area contributed by atoms with Gasteiger partial charge in [0, 0.05) is 42.3 Å². The molecule has 1 saturated carbocycles. The van der Waals surface area contributed by atoms with Gasteiger partial charge in [-0.1, -0.05) is 50.5 Å². The number of carbonyl (C=O) groups excluding carboxylic acids is 1. The molecule has 190 valence electrons. The first kappa shape index (κ1) is 27.4. The molecular formula is C27H36Cl2N4O2. The first-order valence-corrected chi connectivity index (χ1v) is 12.8. The maximum atomic E-state index is 13.2. The summed E-state index contributed by atoms with van der Waals surface area (Å²) in [7, 11) is 0. The summed E-state index contributed by atoms with van der Waals surface area (Å²) < 4.78 is 7.80. The Morgan fingerprint density at radius 3 is 2.51 bits per heavy atom. The lowest BCUT2D eigenvalue weighted by Crippen LogP contribution is -2.17. The van der Waals surface area contributed by atoms with Crippen LogP contribution < -0.4 is 0 Å². The highest BCUT2D eigenvalue weighted by atomic mass is 35.5. The van der Waals surface area contributed by atoms with Gasteiger partial charge in [-0.3, -0.25) is 4.79 Å². The molecule has 1 aliphatic rings. The summed E-state index contributed by atoms with van der Waals surface area (Å²) >= 11 is 6.09. The highest BCUT2D eigenvalue weighted by Gasteiger charge is 2.34. The molecule has 0 radical (unpaired) electrons. The Hall–Kier alpha value is -2.18. The van der Waals surface area contributed by atoms with Gasteiger partial charge in [-0.15, -0.1) is 22.6 Å². The van der Waals surface area contributed by atoms with Crippen molar-refractivity contribution in [1.29, 1.82) is 0 Å². The van der Waals surface area contributed by atoms with E-state index in [1.54, 1.807) is 0 Å². The Morgan fingerprint density at radius 1 is 1.14 bits per heavy atom. The number of Topliss-reactive ketones (excluding diaryl/α,β-unsaturated/α-hetero) is 1. The number of hydrogen-bond donors (Lipinski definition) is 0. The molecular weight excluding hydrogens is 483 g/mol. The van der Waals surface area contributed by atoms with Gasteiger partial charge >= 0.3 is 0 Å². The van der Waals surface area contributed by atoms with E-state index in [1.807, 2.05) is 31.2 Å². The third-order valence-corrected chi connectivity index (χ3v) is 6.55. The van der Waals surface area contributed by atoms with Crippen LogP contribution in [0.2, 0.25) is 5.02 Å². The van der Waals surface area contributed by atoms with Gasteiger partial charge in [0.05, 0.1) is 0 Å². The average Bonchev–Trinajstić information content (AvgIpc) is 3.32. The van der Waals surface area contributed by atoms with Crippen LogP contribution in [-0.4, -0.2) is 25.7 Å². The quantitative estimate of drug-likeness (QED) is 0.268. The molecule has 1 atom stereocenters. The fourth-order valence-corrected chi connectivity index (χ4v) is 4.86. The van der Waals surface area contributed by atoms with E-state index in [2.05, 4.69) is 47.6 Å². The molecule has 4 rings (SSSR count). The molecule has 35 heavy (non-hydrogen) atoms. The van der Waals surface area contributed by atoms with Crippen molar-refractivity contribution in [3.05, 3.63) is 52.0 Å². The molecule has 0 saturated heterocycles. The summed E-state index contributed by atoms with van der Waals surface area (Å²) in [6.45, 7) is 10.7. The van der Waals surface area contributed by atoms with Gasteiger partial charge < -0.3 is 9.09 Å². The Morgan fingerprint density at radius 2 is 1.89 bits per heavy atom. The van der Waals surface area contributed by atoms with Crippen LogP contribution in [0.4, 0.5) is 0 Å². The number of halogens is 2. The summed E-state index contributed by atoms with van der Waals surface area (Å²) in [5.41, 5.74) is 2.81. The summed E-state index contributed by atoms with van der Waals surface area (Å²) in [4.78, 5) is 13.2. The van der Waals surface area contributed by atoms with Crippen molar-refractivity contribution in [1.82, 2.24) is 19.9 Å². The molecule has 8 heteroatoms. The zero-order chi connectivity index (χ0) is 24.4. The van der Waals surface area contributed by atoms with Crippen LogP contribution in [-0.2, 0) is 17.6 Å². The predicted octanol–water partition coefficient (Wildman–Crippen LogP) is 7.18. The third kappa shape index (κ3) is 6.95. The van der Waals surface area contributed by atoms with Gasteiger partial charge in [-0.05, 0) is 61.3 Å². The Bertz CT molecular complexity index is 1150. The summed E-state index contributed by atoms with van der Waals surface area (Å²) in [6.07, 6.45) is 4.77. The molecule has 3 aromatic rings. The molecule has 6 nitrogen and oxygen atoms in total. The fourth-order valence-electron chi connectivity index (χ4n) is 4.63. The van der Waals surface area contributed by atoms with Crippen LogP contribution in [0.3, 0.4) is 0 Å². The summed E-state index contributed by atoms with van der Waals surface area (Å²) in [5, 5.41) is 14.2. The first-order chi connectivity index (χ1) is 16.2. The second-order valence-electron chi connectivity index (χ2n) is 10.6. The highest BCUT2D eigenvalue weighted by Crippen LogP contribution is 2.42. The van der Waals surface area contributed by atoms with E-state index in [-0.39, 0.29) is 24.1 Å². The Labute approximate surface area is 219 Å². The van der Waals surface area contributed by atoms with E-state index < -0.39 is 0 Å². The Kier molecular flexibility index (Phi) is 9.16. The van der Waals surface area contributed by atoms with Gasteiger partial charge in [0.1, 0.15) is 17.4 Å². The van der Waals surface area contributed by atoms with Crippen LogP contribution in [0.1, 0.15) is 88.0 Å². The monoisotopic (exact) mass is 518 g/mol. The standard InChI is InChI=1S/C27H35ClN4O2.ClH/c1-16(2)10-20(14-23(33)13-19-6-7-21(28)12-18(19)5)26-29-30-27(32(26)22-8-9-22)25-15-24(34-31-25)11-17(3)4;/h6-7,12,15-17,20,22H,8-11,13-14H2,1-5H3;1H/t20-;/m0./s1. The number of aryl methyl sites for hydroxylation is 1. The van der Waals surface area contributed by atoms with Crippen molar-refractivity contribution in [3.63, 3.8) is 0 Å². The number of rotatable bonds is 11. The molecule has 1 aliphatic carbocycles. The van der Waals surface area contributed by atoms with Crippen LogP contribution >= 0.6 is 24.0 Å².